The van der Waals surface area contributed by atoms with Crippen LogP contribution in [0.1, 0.15) is 103 Å². The Morgan fingerprint density at radius 3 is 2.37 bits per heavy atom. The Balaban J connectivity index is 0.000000696. The first-order valence-corrected chi connectivity index (χ1v) is 13.5. The Hall–Kier alpha value is -2.62. The van der Waals surface area contributed by atoms with Gasteiger partial charge in [0.15, 0.2) is 0 Å². The van der Waals surface area contributed by atoms with E-state index in [1.54, 1.807) is 6.07 Å². The summed E-state index contributed by atoms with van der Waals surface area (Å²) in [6, 6.07) is 4.00. The standard InChI is InChI=1S/C22H29F3N2O2.C5H12N2.CH4O/c1-3-4-8-15(2)21-26-20(27-29-21)17-11-12-19(18(13-17)22(23,24)25)28-14-16-9-6-5-7-10-16;1-3-4(2)5(6)7;1-2/h11-13,15-16H,3-10,14H2,1-2H3;4H,3H2,1-2H3,(H3,6,7);2H,1H3. The van der Waals surface area contributed by atoms with Crippen molar-refractivity contribution in [3.05, 3.63) is 29.7 Å². The van der Waals surface area contributed by atoms with E-state index in [4.69, 9.17) is 25.5 Å². The molecular weight excluding hydrogens is 497 g/mol. The summed E-state index contributed by atoms with van der Waals surface area (Å²) in [6.45, 7) is 8.37. The second-order valence-corrected chi connectivity index (χ2v) is 9.79. The number of ether oxygens (including phenoxy) is 1. The molecular formula is C28H45F3N4O3. The van der Waals surface area contributed by atoms with Gasteiger partial charge in [-0.3, -0.25) is 5.41 Å². The van der Waals surface area contributed by atoms with Crippen molar-refractivity contribution in [1.82, 2.24) is 10.1 Å². The van der Waals surface area contributed by atoms with E-state index < -0.39 is 11.7 Å². The lowest BCUT2D eigenvalue weighted by Crippen LogP contribution is -2.18. The van der Waals surface area contributed by atoms with Gasteiger partial charge in [-0.05, 0) is 49.8 Å². The molecule has 0 bridgehead atoms. The summed E-state index contributed by atoms with van der Waals surface area (Å²) < 4.78 is 51.8. The van der Waals surface area contributed by atoms with Gasteiger partial charge in [0.05, 0.1) is 18.0 Å². The second-order valence-electron chi connectivity index (χ2n) is 9.79. The molecule has 1 aromatic carbocycles. The van der Waals surface area contributed by atoms with Crippen LogP contribution in [0.15, 0.2) is 22.7 Å². The molecule has 7 nitrogen and oxygen atoms in total. The van der Waals surface area contributed by atoms with E-state index in [1.165, 1.54) is 12.5 Å². The highest BCUT2D eigenvalue weighted by Crippen LogP contribution is 2.39. The molecule has 2 unspecified atom stereocenters. The van der Waals surface area contributed by atoms with Gasteiger partial charge in [-0.1, -0.05) is 65.0 Å². The molecule has 1 aromatic heterocycles. The van der Waals surface area contributed by atoms with Crippen molar-refractivity contribution in [1.29, 1.82) is 5.41 Å². The van der Waals surface area contributed by atoms with Gasteiger partial charge in [-0.15, -0.1) is 0 Å². The smallest absolute Gasteiger partial charge is 0.419 e. The molecule has 0 aliphatic heterocycles. The highest BCUT2D eigenvalue weighted by Gasteiger charge is 2.35. The number of unbranched alkanes of at least 4 members (excludes halogenated alkanes) is 1. The lowest BCUT2D eigenvalue weighted by Gasteiger charge is -2.23. The van der Waals surface area contributed by atoms with Gasteiger partial charge < -0.3 is 20.1 Å². The highest BCUT2D eigenvalue weighted by atomic mass is 19.4. The number of nitrogens with one attached hydrogen (secondary N) is 1. The van der Waals surface area contributed by atoms with Crippen LogP contribution in [0.4, 0.5) is 13.2 Å². The second kappa shape index (κ2) is 17.1. The topological polar surface area (TPSA) is 118 Å². The molecule has 10 heteroatoms. The zero-order valence-electron chi connectivity index (χ0n) is 23.4. The van der Waals surface area contributed by atoms with Crippen LogP contribution < -0.4 is 10.5 Å². The van der Waals surface area contributed by atoms with E-state index in [2.05, 4.69) is 17.1 Å². The molecule has 1 aliphatic carbocycles. The number of nitrogens with zero attached hydrogens (tertiary/aromatic N) is 2. The summed E-state index contributed by atoms with van der Waals surface area (Å²) in [4.78, 5) is 4.32. The molecule has 1 aliphatic rings. The quantitative estimate of drug-likeness (QED) is 0.210. The monoisotopic (exact) mass is 542 g/mol. The van der Waals surface area contributed by atoms with Gasteiger partial charge in [-0.2, -0.15) is 18.2 Å². The average Bonchev–Trinajstić information content (AvgIpc) is 3.42. The maximum Gasteiger partial charge on any atom is 0.419 e. The maximum absolute atomic E-state index is 13.6. The minimum absolute atomic E-state index is 0.0800. The van der Waals surface area contributed by atoms with Crippen LogP contribution in [0.2, 0.25) is 0 Å². The van der Waals surface area contributed by atoms with Crippen LogP contribution >= 0.6 is 0 Å². The van der Waals surface area contributed by atoms with Crippen molar-refractivity contribution in [2.45, 2.75) is 97.6 Å². The number of aliphatic hydroxyl groups excluding tert-OH is 1. The van der Waals surface area contributed by atoms with Gasteiger partial charge in [0, 0.05) is 24.5 Å². The average molecular weight is 543 g/mol. The van der Waals surface area contributed by atoms with Crippen LogP contribution in [0.25, 0.3) is 11.4 Å². The Labute approximate surface area is 224 Å². The third kappa shape index (κ3) is 11.0. The number of amidine groups is 1. The van der Waals surface area contributed by atoms with Crippen molar-refractivity contribution in [2.75, 3.05) is 13.7 Å². The normalized spacial score (nSPS) is 15.4. The predicted molar refractivity (Wildman–Crippen MR) is 144 cm³/mol. The van der Waals surface area contributed by atoms with Crippen molar-refractivity contribution in [3.63, 3.8) is 0 Å². The lowest BCUT2D eigenvalue weighted by molar-refractivity contribution is -0.139. The van der Waals surface area contributed by atoms with E-state index in [9.17, 15) is 13.2 Å². The summed E-state index contributed by atoms with van der Waals surface area (Å²) in [5.74, 6) is 1.46. The summed E-state index contributed by atoms with van der Waals surface area (Å²) >= 11 is 0. The zero-order valence-corrected chi connectivity index (χ0v) is 23.4. The molecule has 38 heavy (non-hydrogen) atoms. The fraction of sp³-hybridized carbons (Fsp3) is 0.679. The number of hydrogen-bond acceptors (Lipinski definition) is 6. The van der Waals surface area contributed by atoms with Crippen molar-refractivity contribution in [3.8, 4) is 17.1 Å². The van der Waals surface area contributed by atoms with E-state index in [1.807, 2.05) is 20.8 Å². The number of benzene rings is 1. The predicted octanol–water partition coefficient (Wildman–Crippen LogP) is 7.59. The largest absolute Gasteiger partial charge is 0.493 e. The molecule has 216 valence electrons. The summed E-state index contributed by atoms with van der Waals surface area (Å²) in [5, 5.41) is 17.8. The van der Waals surface area contributed by atoms with Crippen LogP contribution in [-0.4, -0.2) is 34.8 Å². The highest BCUT2D eigenvalue weighted by molar-refractivity contribution is 5.79. The Morgan fingerprint density at radius 2 is 1.84 bits per heavy atom. The van der Waals surface area contributed by atoms with Crippen LogP contribution in [0.5, 0.6) is 5.75 Å². The molecule has 2 atom stereocenters. The number of nitrogens with two attached hydrogens (primary N) is 1. The molecule has 2 aromatic rings. The van der Waals surface area contributed by atoms with Crippen LogP contribution in [0, 0.1) is 17.2 Å². The fourth-order valence-corrected chi connectivity index (χ4v) is 3.98. The number of halogens is 3. The minimum Gasteiger partial charge on any atom is -0.493 e. The summed E-state index contributed by atoms with van der Waals surface area (Å²) in [7, 11) is 1.00. The Morgan fingerprint density at radius 1 is 1.18 bits per heavy atom. The molecule has 1 saturated carbocycles. The van der Waals surface area contributed by atoms with E-state index in [0.717, 1.165) is 64.5 Å². The molecule has 0 amide bonds. The summed E-state index contributed by atoms with van der Waals surface area (Å²) in [5.41, 5.74) is 4.61. The molecule has 0 radical (unpaired) electrons. The number of alkyl halides is 3. The number of hydrogen-bond donors (Lipinski definition) is 3. The molecule has 4 N–H and O–H groups in total. The molecule has 1 heterocycles. The number of aromatic nitrogens is 2. The van der Waals surface area contributed by atoms with Gasteiger partial charge in [0.2, 0.25) is 11.7 Å². The van der Waals surface area contributed by atoms with Gasteiger partial charge >= 0.3 is 6.18 Å². The first-order chi connectivity index (χ1) is 18.1. The number of aliphatic hydroxyl groups is 1. The molecule has 1 fully saturated rings. The summed E-state index contributed by atoms with van der Waals surface area (Å²) in [6.07, 6.45) is 4.91. The van der Waals surface area contributed by atoms with E-state index >= 15 is 0 Å². The van der Waals surface area contributed by atoms with E-state index in [-0.39, 0.29) is 29.0 Å². The number of rotatable bonds is 10. The maximum atomic E-state index is 13.6. The van der Waals surface area contributed by atoms with Gasteiger partial charge in [0.25, 0.3) is 0 Å². The molecule has 0 spiro atoms. The van der Waals surface area contributed by atoms with Crippen LogP contribution in [0.3, 0.4) is 0 Å². The van der Waals surface area contributed by atoms with Gasteiger partial charge in [0.1, 0.15) is 5.75 Å². The first-order valence-electron chi connectivity index (χ1n) is 13.5. The zero-order chi connectivity index (χ0) is 28.7. The Kier molecular flexibility index (Phi) is 15.0. The first kappa shape index (κ1) is 33.4. The SMILES string of the molecule is CCC(C)C(=N)N.CCCCC(C)c1nc(-c2ccc(OCC3CCCCC3)c(C(F)(F)F)c2)no1.CO. The molecule has 3 rings (SSSR count). The van der Waals surface area contributed by atoms with Crippen LogP contribution in [-0.2, 0) is 6.18 Å². The van der Waals surface area contributed by atoms with Crippen molar-refractivity contribution >= 4 is 5.84 Å². The Bertz CT molecular complexity index is 944. The lowest BCUT2D eigenvalue weighted by atomic mass is 9.90. The van der Waals surface area contributed by atoms with Crippen molar-refractivity contribution < 1.29 is 27.5 Å². The minimum atomic E-state index is -4.51. The molecule has 0 saturated heterocycles. The third-order valence-electron chi connectivity index (χ3n) is 6.74. The van der Waals surface area contributed by atoms with E-state index in [0.29, 0.717) is 24.3 Å². The fourth-order valence-electron chi connectivity index (χ4n) is 3.98. The van der Waals surface area contributed by atoms with Crippen molar-refractivity contribution in [2.24, 2.45) is 17.6 Å². The third-order valence-corrected chi connectivity index (χ3v) is 6.74. The van der Waals surface area contributed by atoms with Gasteiger partial charge in [-0.25, -0.2) is 0 Å².